The molecule has 2 fully saturated rings. The van der Waals surface area contributed by atoms with Gasteiger partial charge in [0.1, 0.15) is 11.4 Å². The Hall–Kier alpha value is -1.51. The highest BCUT2D eigenvalue weighted by Crippen LogP contribution is 2.25. The number of thiazole rings is 1. The van der Waals surface area contributed by atoms with Crippen LogP contribution in [0.15, 0.2) is 29.6 Å². The lowest BCUT2D eigenvalue weighted by molar-refractivity contribution is -0.143. The molecule has 1 aromatic heterocycles. The highest BCUT2D eigenvalue weighted by atomic mass is 32.1. The van der Waals surface area contributed by atoms with Crippen molar-refractivity contribution in [1.29, 1.82) is 0 Å². The highest BCUT2D eigenvalue weighted by Gasteiger charge is 2.40. The predicted molar refractivity (Wildman–Crippen MR) is 110 cm³/mol. The van der Waals surface area contributed by atoms with Gasteiger partial charge in [0, 0.05) is 44.6 Å². The van der Waals surface area contributed by atoms with Crippen LogP contribution in [0.25, 0.3) is 0 Å². The summed E-state index contributed by atoms with van der Waals surface area (Å²) < 4.78 is 17.5. The van der Waals surface area contributed by atoms with Gasteiger partial charge in [0.25, 0.3) is 0 Å². The van der Waals surface area contributed by atoms with E-state index in [9.17, 15) is 0 Å². The summed E-state index contributed by atoms with van der Waals surface area (Å²) >= 11 is 1.71. The van der Waals surface area contributed by atoms with Crippen LogP contribution in [0.5, 0.6) is 5.75 Å². The van der Waals surface area contributed by atoms with Gasteiger partial charge in [-0.05, 0) is 24.6 Å². The number of benzene rings is 1. The zero-order valence-corrected chi connectivity index (χ0v) is 17.5. The third-order valence-electron chi connectivity index (χ3n) is 5.37. The van der Waals surface area contributed by atoms with Crippen LogP contribution in [0.2, 0.25) is 0 Å². The van der Waals surface area contributed by atoms with Crippen molar-refractivity contribution in [3.8, 4) is 5.75 Å². The van der Waals surface area contributed by atoms with Gasteiger partial charge in [-0.2, -0.15) is 0 Å². The fourth-order valence-electron chi connectivity index (χ4n) is 4.06. The SMILES string of the molecule is COc1ccc(CN2CCOC3(COCCN(Cc4csc(C)n4)C3)C2)cc1. The number of methoxy groups -OCH3 is 1. The Morgan fingerprint density at radius 3 is 2.57 bits per heavy atom. The third-order valence-corrected chi connectivity index (χ3v) is 6.20. The van der Waals surface area contributed by atoms with Gasteiger partial charge in [-0.15, -0.1) is 11.3 Å². The van der Waals surface area contributed by atoms with Gasteiger partial charge < -0.3 is 14.2 Å². The van der Waals surface area contributed by atoms with E-state index in [-0.39, 0.29) is 5.60 Å². The summed E-state index contributed by atoms with van der Waals surface area (Å²) in [5, 5.41) is 3.28. The number of ether oxygens (including phenoxy) is 3. The quantitative estimate of drug-likeness (QED) is 0.765. The molecule has 0 saturated carbocycles. The molecule has 0 N–H and O–H groups in total. The second kappa shape index (κ2) is 8.88. The number of aromatic nitrogens is 1. The lowest BCUT2D eigenvalue weighted by atomic mass is 10.0. The van der Waals surface area contributed by atoms with Crippen LogP contribution in [0.3, 0.4) is 0 Å². The molecule has 2 aliphatic heterocycles. The largest absolute Gasteiger partial charge is 0.497 e. The topological polar surface area (TPSA) is 47.1 Å². The van der Waals surface area contributed by atoms with Crippen molar-refractivity contribution >= 4 is 11.3 Å². The Bertz CT molecular complexity index is 767. The molecule has 6 nitrogen and oxygen atoms in total. The summed E-state index contributed by atoms with van der Waals surface area (Å²) in [6, 6.07) is 8.33. The maximum Gasteiger partial charge on any atom is 0.118 e. The maximum atomic E-state index is 6.32. The van der Waals surface area contributed by atoms with Crippen LogP contribution < -0.4 is 4.74 Å². The molecule has 0 radical (unpaired) electrons. The van der Waals surface area contributed by atoms with E-state index in [1.165, 1.54) is 5.56 Å². The minimum Gasteiger partial charge on any atom is -0.497 e. The molecule has 2 aromatic rings. The van der Waals surface area contributed by atoms with E-state index in [1.54, 1.807) is 18.4 Å². The summed E-state index contributed by atoms with van der Waals surface area (Å²) in [6.07, 6.45) is 0. The molecule has 2 aliphatic rings. The van der Waals surface area contributed by atoms with Crippen molar-refractivity contribution in [3.63, 3.8) is 0 Å². The van der Waals surface area contributed by atoms with Gasteiger partial charge in [-0.25, -0.2) is 4.98 Å². The minimum atomic E-state index is -0.272. The van der Waals surface area contributed by atoms with E-state index in [0.29, 0.717) is 6.61 Å². The fraction of sp³-hybridized carbons (Fsp3) is 0.571. The molecule has 1 aromatic carbocycles. The number of hydrogen-bond donors (Lipinski definition) is 0. The monoisotopic (exact) mass is 403 g/mol. The molecule has 2 saturated heterocycles. The van der Waals surface area contributed by atoms with E-state index >= 15 is 0 Å². The molecule has 1 unspecified atom stereocenters. The highest BCUT2D eigenvalue weighted by molar-refractivity contribution is 7.09. The Morgan fingerprint density at radius 2 is 1.86 bits per heavy atom. The van der Waals surface area contributed by atoms with Gasteiger partial charge >= 0.3 is 0 Å². The molecule has 152 valence electrons. The zero-order valence-electron chi connectivity index (χ0n) is 16.7. The summed E-state index contributed by atoms with van der Waals surface area (Å²) in [4.78, 5) is 9.53. The number of hydrogen-bond acceptors (Lipinski definition) is 7. The molecule has 4 rings (SSSR count). The van der Waals surface area contributed by atoms with Crippen molar-refractivity contribution in [2.24, 2.45) is 0 Å². The zero-order chi connectivity index (χ0) is 19.4. The van der Waals surface area contributed by atoms with Crippen LogP contribution in [0.1, 0.15) is 16.3 Å². The summed E-state index contributed by atoms with van der Waals surface area (Å²) in [5.74, 6) is 0.896. The smallest absolute Gasteiger partial charge is 0.118 e. The standard InChI is InChI=1S/C21H29N3O3S/c1-17-22-19(13-28-17)12-24-7-9-26-16-21(15-24)14-23(8-10-27-21)11-18-3-5-20(25-2)6-4-18/h3-6,13H,7-12,14-16H2,1-2H3. The molecule has 0 bridgehead atoms. The van der Waals surface area contributed by atoms with Gasteiger partial charge in [0.05, 0.1) is 37.6 Å². The molecule has 0 amide bonds. The maximum absolute atomic E-state index is 6.32. The Labute approximate surface area is 171 Å². The van der Waals surface area contributed by atoms with E-state index in [0.717, 1.165) is 68.9 Å². The summed E-state index contributed by atoms with van der Waals surface area (Å²) in [6.45, 7) is 9.59. The Kier molecular flexibility index (Phi) is 6.28. The van der Waals surface area contributed by atoms with Crippen LogP contribution in [-0.2, 0) is 22.6 Å². The molecule has 1 spiro atoms. The molecule has 28 heavy (non-hydrogen) atoms. The Balaban J connectivity index is 1.41. The Morgan fingerprint density at radius 1 is 1.11 bits per heavy atom. The number of nitrogens with zero attached hydrogens (tertiary/aromatic N) is 3. The van der Waals surface area contributed by atoms with Crippen LogP contribution in [0, 0.1) is 6.92 Å². The van der Waals surface area contributed by atoms with Gasteiger partial charge in [0.15, 0.2) is 0 Å². The van der Waals surface area contributed by atoms with E-state index in [2.05, 4.69) is 39.2 Å². The second-order valence-corrected chi connectivity index (χ2v) is 8.77. The van der Waals surface area contributed by atoms with E-state index in [4.69, 9.17) is 14.2 Å². The average Bonchev–Trinajstić information content (AvgIpc) is 3.00. The first-order valence-electron chi connectivity index (χ1n) is 9.84. The number of aryl methyl sites for hydroxylation is 1. The lowest BCUT2D eigenvalue weighted by Crippen LogP contribution is -2.58. The van der Waals surface area contributed by atoms with Gasteiger partial charge in [-0.1, -0.05) is 12.1 Å². The fourth-order valence-corrected chi connectivity index (χ4v) is 4.66. The van der Waals surface area contributed by atoms with E-state index < -0.39 is 0 Å². The first-order valence-corrected chi connectivity index (χ1v) is 10.7. The number of rotatable bonds is 5. The number of morpholine rings is 1. The van der Waals surface area contributed by atoms with Crippen molar-refractivity contribution in [3.05, 3.63) is 45.9 Å². The van der Waals surface area contributed by atoms with Crippen molar-refractivity contribution < 1.29 is 14.2 Å². The van der Waals surface area contributed by atoms with Crippen molar-refractivity contribution in [2.45, 2.75) is 25.6 Å². The molecule has 7 heteroatoms. The van der Waals surface area contributed by atoms with Crippen LogP contribution in [-0.4, -0.2) is 73.5 Å². The van der Waals surface area contributed by atoms with Gasteiger partial charge in [-0.3, -0.25) is 9.80 Å². The van der Waals surface area contributed by atoms with Crippen molar-refractivity contribution in [2.75, 3.05) is 53.1 Å². The molecule has 3 heterocycles. The molecule has 0 aliphatic carbocycles. The average molecular weight is 404 g/mol. The first kappa shape index (κ1) is 19.8. The predicted octanol–water partition coefficient (Wildman–Crippen LogP) is 2.56. The lowest BCUT2D eigenvalue weighted by Gasteiger charge is -2.43. The first-order chi connectivity index (χ1) is 13.6. The van der Waals surface area contributed by atoms with Crippen LogP contribution in [0.4, 0.5) is 0 Å². The van der Waals surface area contributed by atoms with E-state index in [1.807, 2.05) is 12.1 Å². The molecule has 1 atom stereocenters. The molecular weight excluding hydrogens is 374 g/mol. The van der Waals surface area contributed by atoms with Crippen LogP contribution >= 0.6 is 11.3 Å². The summed E-state index contributed by atoms with van der Waals surface area (Å²) in [7, 11) is 1.70. The minimum absolute atomic E-state index is 0.272. The van der Waals surface area contributed by atoms with Gasteiger partial charge in [0.2, 0.25) is 0 Å². The third kappa shape index (κ3) is 4.90. The van der Waals surface area contributed by atoms with Crippen molar-refractivity contribution in [1.82, 2.24) is 14.8 Å². The summed E-state index contributed by atoms with van der Waals surface area (Å²) in [5.41, 5.74) is 2.17. The molecular formula is C21H29N3O3S. The second-order valence-electron chi connectivity index (χ2n) is 7.71. The normalized spacial score (nSPS) is 24.4.